The molecule has 0 spiro atoms. The Morgan fingerprint density at radius 3 is 2.80 bits per heavy atom. The van der Waals surface area contributed by atoms with Gasteiger partial charge in [-0.1, -0.05) is 20.8 Å². The predicted octanol–water partition coefficient (Wildman–Crippen LogP) is 2.74. The molecule has 4 nitrogen and oxygen atoms in total. The highest BCUT2D eigenvalue weighted by Crippen LogP contribution is 2.38. The van der Waals surface area contributed by atoms with E-state index < -0.39 is 0 Å². The SMILES string of the molecule is CCOC(=O)Cn1c2c(sc1=N)C[C@@H](C(C)(C)C)CC2. The van der Waals surface area contributed by atoms with Gasteiger partial charge in [-0.2, -0.15) is 0 Å². The molecule has 1 aromatic rings. The van der Waals surface area contributed by atoms with Gasteiger partial charge in [0.1, 0.15) is 6.54 Å². The molecule has 112 valence electrons. The van der Waals surface area contributed by atoms with Crippen LogP contribution in [0.3, 0.4) is 0 Å². The zero-order valence-corrected chi connectivity index (χ0v) is 13.6. The van der Waals surface area contributed by atoms with Gasteiger partial charge in [0.05, 0.1) is 6.61 Å². The molecule has 1 aliphatic carbocycles. The molecule has 20 heavy (non-hydrogen) atoms. The molecule has 0 amide bonds. The van der Waals surface area contributed by atoms with Crippen molar-refractivity contribution in [3.05, 3.63) is 15.4 Å². The molecule has 5 heteroatoms. The first-order chi connectivity index (χ1) is 9.32. The molecule has 0 aromatic carbocycles. The lowest BCUT2D eigenvalue weighted by Crippen LogP contribution is -2.29. The van der Waals surface area contributed by atoms with Gasteiger partial charge in [-0.25, -0.2) is 0 Å². The summed E-state index contributed by atoms with van der Waals surface area (Å²) in [4.78, 5) is 13.4. The van der Waals surface area contributed by atoms with Crippen LogP contribution >= 0.6 is 11.3 Å². The summed E-state index contributed by atoms with van der Waals surface area (Å²) in [6.45, 7) is 9.23. The Hall–Kier alpha value is -1.10. The van der Waals surface area contributed by atoms with E-state index >= 15 is 0 Å². The lowest BCUT2D eigenvalue weighted by Gasteiger charge is -2.33. The topological polar surface area (TPSA) is 55.1 Å². The van der Waals surface area contributed by atoms with Crippen LogP contribution in [-0.4, -0.2) is 17.1 Å². The summed E-state index contributed by atoms with van der Waals surface area (Å²) in [5, 5.41) is 8.09. The Labute approximate surface area is 124 Å². The number of rotatable bonds is 3. The summed E-state index contributed by atoms with van der Waals surface area (Å²) in [6.07, 6.45) is 3.13. The minimum Gasteiger partial charge on any atom is -0.465 e. The molecule has 0 aliphatic heterocycles. The van der Waals surface area contributed by atoms with Gasteiger partial charge in [-0.05, 0) is 37.5 Å². The van der Waals surface area contributed by atoms with Gasteiger partial charge in [0.15, 0.2) is 4.80 Å². The molecule has 1 atom stereocenters. The second kappa shape index (κ2) is 5.72. The molecule has 0 bridgehead atoms. The van der Waals surface area contributed by atoms with E-state index in [1.54, 1.807) is 6.92 Å². The van der Waals surface area contributed by atoms with Crippen molar-refractivity contribution in [3.63, 3.8) is 0 Å². The molecule has 0 radical (unpaired) electrons. The first kappa shape index (κ1) is 15.3. The van der Waals surface area contributed by atoms with Crippen molar-refractivity contribution in [1.82, 2.24) is 4.57 Å². The molecular weight excluding hydrogens is 272 g/mol. The van der Waals surface area contributed by atoms with E-state index in [-0.39, 0.29) is 12.5 Å². The lowest BCUT2D eigenvalue weighted by atomic mass is 9.73. The van der Waals surface area contributed by atoms with E-state index in [0.29, 0.717) is 22.7 Å². The number of fused-ring (bicyclic) bond motifs is 1. The van der Waals surface area contributed by atoms with Gasteiger partial charge in [0, 0.05) is 10.6 Å². The largest absolute Gasteiger partial charge is 0.465 e. The predicted molar refractivity (Wildman–Crippen MR) is 79.8 cm³/mol. The van der Waals surface area contributed by atoms with Crippen molar-refractivity contribution >= 4 is 17.3 Å². The van der Waals surface area contributed by atoms with E-state index in [4.69, 9.17) is 10.1 Å². The van der Waals surface area contributed by atoms with E-state index in [1.165, 1.54) is 21.9 Å². The first-order valence-electron chi connectivity index (χ1n) is 7.24. The van der Waals surface area contributed by atoms with Gasteiger partial charge in [0.25, 0.3) is 0 Å². The van der Waals surface area contributed by atoms with E-state index in [2.05, 4.69) is 20.8 Å². The number of carbonyl (C=O) groups excluding carboxylic acids is 1. The van der Waals surface area contributed by atoms with Gasteiger partial charge in [-0.15, -0.1) is 11.3 Å². The fraction of sp³-hybridized carbons (Fsp3) is 0.733. The standard InChI is InChI=1S/C15H24N2O2S/c1-5-19-13(18)9-17-11-7-6-10(15(2,3)4)8-12(11)20-14(17)16/h10,16H,5-9H2,1-4H3/t10-/m0/s1. The smallest absolute Gasteiger partial charge is 0.326 e. The molecule has 0 fully saturated rings. The number of hydrogen-bond acceptors (Lipinski definition) is 4. The molecule has 0 saturated heterocycles. The summed E-state index contributed by atoms with van der Waals surface area (Å²) >= 11 is 1.52. The van der Waals surface area contributed by atoms with Crippen LogP contribution < -0.4 is 4.80 Å². The normalized spacial score (nSPS) is 18.7. The number of nitrogens with one attached hydrogen (secondary N) is 1. The monoisotopic (exact) mass is 296 g/mol. The fourth-order valence-corrected chi connectivity index (χ4v) is 3.95. The van der Waals surface area contributed by atoms with Gasteiger partial charge in [-0.3, -0.25) is 10.2 Å². The van der Waals surface area contributed by atoms with E-state index in [0.717, 1.165) is 19.3 Å². The minimum atomic E-state index is -0.246. The number of aromatic nitrogens is 1. The average molecular weight is 296 g/mol. The maximum Gasteiger partial charge on any atom is 0.326 e. The van der Waals surface area contributed by atoms with Crippen LogP contribution in [0, 0.1) is 16.7 Å². The number of carbonyl (C=O) groups is 1. The molecule has 1 N–H and O–H groups in total. The summed E-state index contributed by atoms with van der Waals surface area (Å²) in [6, 6.07) is 0. The maximum absolute atomic E-state index is 11.7. The van der Waals surface area contributed by atoms with Crippen molar-refractivity contribution in [1.29, 1.82) is 5.41 Å². The molecular formula is C15H24N2O2S. The van der Waals surface area contributed by atoms with Crippen molar-refractivity contribution in [2.24, 2.45) is 11.3 Å². The van der Waals surface area contributed by atoms with Gasteiger partial charge >= 0.3 is 5.97 Å². The second-order valence-electron chi connectivity index (χ2n) is 6.47. The molecule has 0 unspecified atom stereocenters. The van der Waals surface area contributed by atoms with Crippen LogP contribution in [-0.2, 0) is 28.9 Å². The number of esters is 1. The van der Waals surface area contributed by atoms with Crippen LogP contribution in [0.1, 0.15) is 44.7 Å². The highest BCUT2D eigenvalue weighted by atomic mass is 32.1. The number of nitrogens with zero attached hydrogens (tertiary/aromatic N) is 1. The number of ether oxygens (including phenoxy) is 1. The average Bonchev–Trinajstić information content (AvgIpc) is 2.64. The van der Waals surface area contributed by atoms with Gasteiger partial charge < -0.3 is 9.30 Å². The van der Waals surface area contributed by atoms with Crippen molar-refractivity contribution in [2.75, 3.05) is 6.61 Å². The third kappa shape index (κ3) is 3.14. The zero-order chi connectivity index (χ0) is 14.9. The van der Waals surface area contributed by atoms with E-state index in [1.807, 2.05) is 4.57 Å². The molecule has 0 saturated carbocycles. The first-order valence-corrected chi connectivity index (χ1v) is 8.06. The second-order valence-corrected chi connectivity index (χ2v) is 7.56. The number of thiazole rings is 1. The van der Waals surface area contributed by atoms with Crippen LogP contribution in [0.15, 0.2) is 0 Å². The zero-order valence-electron chi connectivity index (χ0n) is 12.8. The number of hydrogen-bond donors (Lipinski definition) is 1. The Morgan fingerprint density at radius 2 is 2.20 bits per heavy atom. The Balaban J connectivity index is 2.22. The lowest BCUT2D eigenvalue weighted by molar-refractivity contribution is -0.143. The third-order valence-corrected chi connectivity index (χ3v) is 5.15. The van der Waals surface area contributed by atoms with Crippen LogP contribution in [0.2, 0.25) is 0 Å². The van der Waals surface area contributed by atoms with Crippen molar-refractivity contribution in [3.8, 4) is 0 Å². The molecule has 2 rings (SSSR count). The Bertz CT molecular complexity index is 551. The van der Waals surface area contributed by atoms with Crippen LogP contribution in [0.25, 0.3) is 0 Å². The molecule has 1 heterocycles. The third-order valence-electron chi connectivity index (χ3n) is 4.09. The molecule has 1 aromatic heterocycles. The van der Waals surface area contributed by atoms with E-state index in [9.17, 15) is 4.79 Å². The Morgan fingerprint density at radius 1 is 1.50 bits per heavy atom. The summed E-state index contributed by atoms with van der Waals surface area (Å²) < 4.78 is 6.83. The maximum atomic E-state index is 11.7. The summed E-state index contributed by atoms with van der Waals surface area (Å²) in [5.41, 5.74) is 1.48. The van der Waals surface area contributed by atoms with Crippen LogP contribution in [0.5, 0.6) is 0 Å². The highest BCUT2D eigenvalue weighted by Gasteiger charge is 2.31. The Kier molecular flexibility index (Phi) is 4.37. The minimum absolute atomic E-state index is 0.179. The fourth-order valence-electron chi connectivity index (χ4n) is 2.82. The van der Waals surface area contributed by atoms with Crippen LogP contribution in [0.4, 0.5) is 0 Å². The van der Waals surface area contributed by atoms with Crippen molar-refractivity contribution < 1.29 is 9.53 Å². The quantitative estimate of drug-likeness (QED) is 0.872. The van der Waals surface area contributed by atoms with Gasteiger partial charge in [0.2, 0.25) is 0 Å². The summed E-state index contributed by atoms with van der Waals surface area (Å²) in [5.74, 6) is 0.411. The highest BCUT2D eigenvalue weighted by molar-refractivity contribution is 7.09. The summed E-state index contributed by atoms with van der Waals surface area (Å²) in [7, 11) is 0. The van der Waals surface area contributed by atoms with Crippen molar-refractivity contribution in [2.45, 2.75) is 53.5 Å². The molecule has 1 aliphatic rings.